The third-order valence-corrected chi connectivity index (χ3v) is 3.88. The van der Waals surface area contributed by atoms with Crippen LogP contribution in [0.15, 0.2) is 0 Å². The Morgan fingerprint density at radius 2 is 2.00 bits per heavy atom. The van der Waals surface area contributed by atoms with Gasteiger partial charge in [-0.2, -0.15) is 0 Å². The third-order valence-electron chi connectivity index (χ3n) is 3.88. The summed E-state index contributed by atoms with van der Waals surface area (Å²) in [4.78, 5) is 37.8. The highest BCUT2D eigenvalue weighted by atomic mass is 16.4. The van der Waals surface area contributed by atoms with Gasteiger partial charge in [0.1, 0.15) is 6.04 Å². The lowest BCUT2D eigenvalue weighted by molar-refractivity contribution is -0.152. The Morgan fingerprint density at radius 3 is 2.63 bits per heavy atom. The van der Waals surface area contributed by atoms with Crippen LogP contribution >= 0.6 is 0 Å². The summed E-state index contributed by atoms with van der Waals surface area (Å²) in [7, 11) is 0. The average molecular weight is 268 g/mol. The Labute approximate surface area is 112 Å². The second-order valence-electron chi connectivity index (χ2n) is 5.17. The van der Waals surface area contributed by atoms with Crippen LogP contribution in [0.3, 0.4) is 0 Å². The number of carboxylic acid groups (broad SMARTS) is 1. The fraction of sp³-hybridized carbons (Fsp3) is 0.769. The van der Waals surface area contributed by atoms with Crippen molar-refractivity contribution >= 4 is 17.8 Å². The molecule has 1 atom stereocenters. The van der Waals surface area contributed by atoms with Crippen molar-refractivity contribution in [3.05, 3.63) is 0 Å². The molecule has 2 heterocycles. The van der Waals surface area contributed by atoms with E-state index in [1.807, 2.05) is 0 Å². The first-order chi connectivity index (χ1) is 9.09. The van der Waals surface area contributed by atoms with Crippen molar-refractivity contribution in [2.75, 3.05) is 19.6 Å². The van der Waals surface area contributed by atoms with Crippen LogP contribution in [0.25, 0.3) is 0 Å². The normalized spacial score (nSPS) is 23.8. The second kappa shape index (κ2) is 6.04. The van der Waals surface area contributed by atoms with Gasteiger partial charge in [0, 0.05) is 32.5 Å². The molecule has 6 nitrogen and oxygen atoms in total. The molecule has 1 N–H and O–H groups in total. The van der Waals surface area contributed by atoms with E-state index < -0.39 is 12.0 Å². The molecular formula is C13H20N2O4. The van der Waals surface area contributed by atoms with Gasteiger partial charge in [0.05, 0.1) is 0 Å². The Bertz CT molecular complexity index is 383. The number of hydrogen-bond donors (Lipinski definition) is 1. The molecule has 1 unspecified atom stereocenters. The van der Waals surface area contributed by atoms with Crippen molar-refractivity contribution in [3.63, 3.8) is 0 Å². The smallest absolute Gasteiger partial charge is 0.326 e. The van der Waals surface area contributed by atoms with Gasteiger partial charge in [0.2, 0.25) is 11.8 Å². The van der Waals surface area contributed by atoms with Gasteiger partial charge in [-0.3, -0.25) is 9.59 Å². The van der Waals surface area contributed by atoms with Gasteiger partial charge in [-0.25, -0.2) is 4.79 Å². The quantitative estimate of drug-likeness (QED) is 0.803. The Hall–Kier alpha value is -1.59. The molecule has 0 saturated carbocycles. The van der Waals surface area contributed by atoms with Gasteiger partial charge in [-0.1, -0.05) is 0 Å². The minimum absolute atomic E-state index is 0.0984. The minimum atomic E-state index is -0.926. The molecule has 19 heavy (non-hydrogen) atoms. The number of amides is 2. The SMILES string of the molecule is O=C(O)C1CCCCN1C(=O)CCN1CCCC1=O. The molecule has 0 aromatic carbocycles. The number of rotatable bonds is 4. The van der Waals surface area contributed by atoms with Crippen molar-refractivity contribution in [1.29, 1.82) is 0 Å². The highest BCUT2D eigenvalue weighted by Gasteiger charge is 2.32. The summed E-state index contributed by atoms with van der Waals surface area (Å²) in [6.45, 7) is 1.65. The molecule has 0 aromatic rings. The first kappa shape index (κ1) is 13.8. The zero-order valence-electron chi connectivity index (χ0n) is 11.0. The number of carboxylic acids is 1. The van der Waals surface area contributed by atoms with Crippen LogP contribution in [-0.2, 0) is 14.4 Å². The van der Waals surface area contributed by atoms with Crippen molar-refractivity contribution in [3.8, 4) is 0 Å². The van der Waals surface area contributed by atoms with E-state index >= 15 is 0 Å². The summed E-state index contributed by atoms with van der Waals surface area (Å²) < 4.78 is 0. The lowest BCUT2D eigenvalue weighted by atomic mass is 10.0. The van der Waals surface area contributed by atoms with Gasteiger partial charge in [-0.15, -0.1) is 0 Å². The first-order valence-electron chi connectivity index (χ1n) is 6.89. The first-order valence-corrected chi connectivity index (χ1v) is 6.89. The lowest BCUT2D eigenvalue weighted by Gasteiger charge is -2.33. The van der Waals surface area contributed by atoms with E-state index in [0.29, 0.717) is 32.5 Å². The van der Waals surface area contributed by atoms with E-state index in [0.717, 1.165) is 19.3 Å². The summed E-state index contributed by atoms with van der Waals surface area (Å²) in [5.41, 5.74) is 0. The molecule has 0 aliphatic carbocycles. The summed E-state index contributed by atoms with van der Waals surface area (Å²) in [5, 5.41) is 9.12. The summed E-state index contributed by atoms with van der Waals surface area (Å²) in [6, 6.07) is -0.685. The zero-order valence-corrected chi connectivity index (χ0v) is 11.0. The van der Waals surface area contributed by atoms with E-state index in [9.17, 15) is 14.4 Å². The number of nitrogens with zero attached hydrogens (tertiary/aromatic N) is 2. The van der Waals surface area contributed by atoms with E-state index in [1.165, 1.54) is 4.90 Å². The Morgan fingerprint density at radius 1 is 1.21 bits per heavy atom. The van der Waals surface area contributed by atoms with Crippen molar-refractivity contribution in [2.24, 2.45) is 0 Å². The van der Waals surface area contributed by atoms with Gasteiger partial charge in [0.15, 0.2) is 0 Å². The van der Waals surface area contributed by atoms with Crippen LogP contribution in [-0.4, -0.2) is 58.4 Å². The molecule has 106 valence electrons. The summed E-state index contributed by atoms with van der Waals surface area (Å²) >= 11 is 0. The van der Waals surface area contributed by atoms with Gasteiger partial charge < -0.3 is 14.9 Å². The maximum absolute atomic E-state index is 12.1. The van der Waals surface area contributed by atoms with Gasteiger partial charge in [0.25, 0.3) is 0 Å². The number of carbonyl (C=O) groups is 3. The molecule has 2 rings (SSSR count). The maximum atomic E-state index is 12.1. The van der Waals surface area contributed by atoms with Crippen LogP contribution in [0.2, 0.25) is 0 Å². The van der Waals surface area contributed by atoms with Gasteiger partial charge in [-0.05, 0) is 25.7 Å². The number of carbonyl (C=O) groups excluding carboxylic acids is 2. The van der Waals surface area contributed by atoms with Crippen LogP contribution in [0.5, 0.6) is 0 Å². The molecule has 6 heteroatoms. The highest BCUT2D eigenvalue weighted by Crippen LogP contribution is 2.19. The molecule has 0 spiro atoms. The number of aliphatic carboxylic acids is 1. The third kappa shape index (κ3) is 3.24. The molecular weight excluding hydrogens is 248 g/mol. The number of hydrogen-bond acceptors (Lipinski definition) is 3. The average Bonchev–Trinajstić information content (AvgIpc) is 2.81. The second-order valence-corrected chi connectivity index (χ2v) is 5.17. The van der Waals surface area contributed by atoms with E-state index in [-0.39, 0.29) is 18.2 Å². The van der Waals surface area contributed by atoms with Crippen LogP contribution < -0.4 is 0 Å². The fourth-order valence-electron chi connectivity index (χ4n) is 2.80. The molecule has 0 aromatic heterocycles. The number of likely N-dealkylation sites (tertiary alicyclic amines) is 2. The Kier molecular flexibility index (Phi) is 4.39. The van der Waals surface area contributed by atoms with Crippen LogP contribution in [0, 0.1) is 0 Å². The predicted octanol–water partition coefficient (Wildman–Crippen LogP) is 0.465. The fourth-order valence-corrected chi connectivity index (χ4v) is 2.80. The van der Waals surface area contributed by atoms with Crippen molar-refractivity contribution < 1.29 is 19.5 Å². The standard InChI is InChI=1S/C13H20N2O4/c16-11-5-3-7-14(11)9-6-12(17)15-8-2-1-4-10(15)13(18)19/h10H,1-9H2,(H,18,19). The molecule has 0 radical (unpaired) electrons. The Balaban J connectivity index is 1.87. The number of piperidine rings is 1. The summed E-state index contributed by atoms with van der Waals surface area (Å²) in [6.07, 6.45) is 3.90. The molecule has 2 aliphatic heterocycles. The molecule has 2 amide bonds. The van der Waals surface area contributed by atoms with Crippen LogP contribution in [0.1, 0.15) is 38.5 Å². The van der Waals surface area contributed by atoms with E-state index in [4.69, 9.17) is 5.11 Å². The maximum Gasteiger partial charge on any atom is 0.326 e. The van der Waals surface area contributed by atoms with E-state index in [1.54, 1.807) is 4.90 Å². The van der Waals surface area contributed by atoms with Gasteiger partial charge >= 0.3 is 5.97 Å². The molecule has 2 aliphatic rings. The molecule has 2 fully saturated rings. The topological polar surface area (TPSA) is 77.9 Å². The largest absolute Gasteiger partial charge is 0.480 e. The minimum Gasteiger partial charge on any atom is -0.480 e. The zero-order chi connectivity index (χ0) is 13.8. The highest BCUT2D eigenvalue weighted by molar-refractivity contribution is 5.84. The predicted molar refractivity (Wildman–Crippen MR) is 67.4 cm³/mol. The summed E-state index contributed by atoms with van der Waals surface area (Å²) in [5.74, 6) is -0.974. The van der Waals surface area contributed by atoms with E-state index in [2.05, 4.69) is 0 Å². The molecule has 0 bridgehead atoms. The monoisotopic (exact) mass is 268 g/mol. The van der Waals surface area contributed by atoms with Crippen molar-refractivity contribution in [2.45, 2.75) is 44.6 Å². The van der Waals surface area contributed by atoms with Crippen molar-refractivity contribution in [1.82, 2.24) is 9.80 Å². The lowest BCUT2D eigenvalue weighted by Crippen LogP contribution is -2.48. The molecule has 2 saturated heterocycles. The van der Waals surface area contributed by atoms with Crippen LogP contribution in [0.4, 0.5) is 0 Å².